The number of nitrogens with zero attached hydrogens (tertiary/aromatic N) is 2. The fourth-order valence-corrected chi connectivity index (χ4v) is 5.80. The average molecular weight is 516 g/mol. The van der Waals surface area contributed by atoms with E-state index in [2.05, 4.69) is 10.3 Å². The first kappa shape index (κ1) is 24.9. The molecule has 1 fully saturated rings. The molecule has 1 aliphatic heterocycles. The standard InChI is InChI=1S/C29H29N3O4S/c1-2-36-29(35)26-27(34)24(37-28(26)31-21-10-4-3-5-11-21)16-19-17-32(23-15-9-8-14-22(19)23)18-25(33)30-20-12-6-7-13-20/h3-5,8-11,14-17,20,34H,2,6-7,12-13,18H2,1H3,(H,30,33)/b24-16-,31-28?. The van der Waals surface area contributed by atoms with Gasteiger partial charge >= 0.3 is 5.97 Å². The first-order valence-corrected chi connectivity index (χ1v) is 13.4. The van der Waals surface area contributed by atoms with E-state index in [-0.39, 0.29) is 36.4 Å². The van der Waals surface area contributed by atoms with Crippen molar-refractivity contribution in [3.63, 3.8) is 0 Å². The van der Waals surface area contributed by atoms with Gasteiger partial charge in [-0.3, -0.25) is 4.79 Å². The van der Waals surface area contributed by atoms with Crippen LogP contribution < -0.4 is 5.32 Å². The molecule has 1 aromatic heterocycles. The molecule has 37 heavy (non-hydrogen) atoms. The Morgan fingerprint density at radius 1 is 1.14 bits per heavy atom. The smallest absolute Gasteiger partial charge is 0.344 e. The van der Waals surface area contributed by atoms with Crippen LogP contribution in [0.1, 0.15) is 38.2 Å². The topological polar surface area (TPSA) is 92.9 Å². The van der Waals surface area contributed by atoms with Gasteiger partial charge in [0, 0.05) is 28.7 Å². The van der Waals surface area contributed by atoms with Gasteiger partial charge in [-0.05, 0) is 44.0 Å². The van der Waals surface area contributed by atoms with Gasteiger partial charge in [-0.25, -0.2) is 9.79 Å². The quantitative estimate of drug-likeness (QED) is 0.383. The van der Waals surface area contributed by atoms with Crippen LogP contribution in [0.25, 0.3) is 17.0 Å². The number of thioether (sulfide) groups is 1. The van der Waals surface area contributed by atoms with Crippen molar-refractivity contribution in [3.05, 3.63) is 82.6 Å². The van der Waals surface area contributed by atoms with Gasteiger partial charge in [-0.1, -0.05) is 61.0 Å². The molecule has 0 unspecified atom stereocenters. The molecule has 7 nitrogen and oxygen atoms in total. The predicted octanol–water partition coefficient (Wildman–Crippen LogP) is 5.89. The van der Waals surface area contributed by atoms with E-state index in [1.807, 2.05) is 71.4 Å². The molecule has 2 heterocycles. The van der Waals surface area contributed by atoms with Crippen LogP contribution in [0, 0.1) is 0 Å². The molecule has 0 bridgehead atoms. The lowest BCUT2D eigenvalue weighted by Crippen LogP contribution is -2.35. The number of aliphatic imine (C=N–C) groups is 1. The van der Waals surface area contributed by atoms with Gasteiger partial charge in [0.25, 0.3) is 0 Å². The van der Waals surface area contributed by atoms with Crippen LogP contribution in [0.3, 0.4) is 0 Å². The summed E-state index contributed by atoms with van der Waals surface area (Å²) in [6, 6.07) is 17.4. The summed E-state index contributed by atoms with van der Waals surface area (Å²) in [4.78, 5) is 30.6. The van der Waals surface area contributed by atoms with E-state index < -0.39 is 5.97 Å². The highest BCUT2D eigenvalue weighted by atomic mass is 32.2. The first-order chi connectivity index (χ1) is 18.0. The SMILES string of the molecule is CCOC(=O)C1=C(O)/C(=C/c2cn(CC(=O)NC3CCCC3)c3ccccc23)SC1=Nc1ccccc1. The summed E-state index contributed by atoms with van der Waals surface area (Å²) in [7, 11) is 0. The number of para-hydroxylation sites is 2. The number of esters is 1. The highest BCUT2D eigenvalue weighted by molar-refractivity contribution is 8.18. The van der Waals surface area contributed by atoms with E-state index in [1.54, 1.807) is 6.92 Å². The Morgan fingerprint density at radius 3 is 2.62 bits per heavy atom. The van der Waals surface area contributed by atoms with E-state index in [4.69, 9.17) is 4.74 Å². The molecular formula is C29H29N3O4S. The lowest BCUT2D eigenvalue weighted by atomic mass is 10.1. The molecule has 0 radical (unpaired) electrons. The maximum absolute atomic E-state index is 12.7. The van der Waals surface area contributed by atoms with Crippen LogP contribution in [-0.2, 0) is 20.9 Å². The van der Waals surface area contributed by atoms with Crippen molar-refractivity contribution in [2.24, 2.45) is 4.99 Å². The second-order valence-corrected chi connectivity index (χ2v) is 10.1. The molecule has 2 aromatic carbocycles. The van der Waals surface area contributed by atoms with Crippen LogP contribution in [0.2, 0.25) is 0 Å². The summed E-state index contributed by atoms with van der Waals surface area (Å²) in [6.45, 7) is 2.12. The molecule has 190 valence electrons. The Balaban J connectivity index is 1.49. The third-order valence-corrected chi connectivity index (χ3v) is 7.52. The summed E-state index contributed by atoms with van der Waals surface area (Å²) in [5.74, 6) is -0.780. The van der Waals surface area contributed by atoms with E-state index in [0.717, 1.165) is 42.1 Å². The summed E-state index contributed by atoms with van der Waals surface area (Å²) in [5.41, 5.74) is 2.49. The molecule has 2 N–H and O–H groups in total. The van der Waals surface area contributed by atoms with Crippen LogP contribution in [0.5, 0.6) is 0 Å². The highest BCUT2D eigenvalue weighted by Gasteiger charge is 2.33. The normalized spacial score (nSPS) is 18.3. The van der Waals surface area contributed by atoms with Gasteiger partial charge in [0.1, 0.15) is 22.9 Å². The second kappa shape index (κ2) is 11.1. The third kappa shape index (κ3) is 5.49. The number of ether oxygens (including phenoxy) is 1. The molecule has 3 aromatic rings. The van der Waals surface area contributed by atoms with Crippen LogP contribution in [-0.4, -0.2) is 39.2 Å². The van der Waals surface area contributed by atoms with Crippen molar-refractivity contribution in [1.82, 2.24) is 9.88 Å². The number of carbonyl (C=O) groups excluding carboxylic acids is 2. The highest BCUT2D eigenvalue weighted by Crippen LogP contribution is 2.41. The Morgan fingerprint density at radius 2 is 1.86 bits per heavy atom. The molecule has 0 atom stereocenters. The minimum Gasteiger partial charge on any atom is -0.506 e. The zero-order chi connectivity index (χ0) is 25.8. The molecule has 1 amide bonds. The van der Waals surface area contributed by atoms with Crippen molar-refractivity contribution in [2.45, 2.75) is 45.2 Å². The van der Waals surface area contributed by atoms with Gasteiger partial charge in [0.2, 0.25) is 5.91 Å². The van der Waals surface area contributed by atoms with Gasteiger partial charge < -0.3 is 19.7 Å². The number of fused-ring (bicyclic) bond motifs is 1. The minimum absolute atomic E-state index is 0.00767. The fraction of sp³-hybridized carbons (Fsp3) is 0.276. The number of carbonyl (C=O) groups is 2. The largest absolute Gasteiger partial charge is 0.506 e. The Hall–Kier alpha value is -3.78. The third-order valence-electron chi connectivity index (χ3n) is 6.50. The first-order valence-electron chi connectivity index (χ1n) is 12.5. The predicted molar refractivity (Wildman–Crippen MR) is 148 cm³/mol. The summed E-state index contributed by atoms with van der Waals surface area (Å²) in [5, 5.41) is 15.6. The van der Waals surface area contributed by atoms with Gasteiger partial charge in [-0.15, -0.1) is 0 Å². The Kier molecular flexibility index (Phi) is 7.46. The van der Waals surface area contributed by atoms with E-state index in [9.17, 15) is 14.7 Å². The number of hydrogen-bond acceptors (Lipinski definition) is 6. The van der Waals surface area contributed by atoms with Crippen molar-refractivity contribution >= 4 is 51.3 Å². The van der Waals surface area contributed by atoms with Crippen LogP contribution in [0.15, 0.2) is 82.0 Å². The number of hydrogen-bond donors (Lipinski definition) is 2. The zero-order valence-electron chi connectivity index (χ0n) is 20.6. The Bertz CT molecular complexity index is 1420. The van der Waals surface area contributed by atoms with E-state index >= 15 is 0 Å². The summed E-state index contributed by atoms with van der Waals surface area (Å²) >= 11 is 1.22. The molecule has 2 aliphatic rings. The summed E-state index contributed by atoms with van der Waals surface area (Å²) < 4.78 is 7.14. The minimum atomic E-state index is -0.614. The number of nitrogens with one attached hydrogen (secondary N) is 1. The number of aliphatic hydroxyl groups is 1. The second-order valence-electron chi connectivity index (χ2n) is 9.09. The van der Waals surface area contributed by atoms with E-state index in [0.29, 0.717) is 15.6 Å². The molecule has 0 saturated heterocycles. The lowest BCUT2D eigenvalue weighted by Gasteiger charge is -2.12. The number of benzene rings is 2. The number of rotatable bonds is 7. The van der Waals surface area contributed by atoms with Crippen molar-refractivity contribution in [1.29, 1.82) is 0 Å². The monoisotopic (exact) mass is 515 g/mol. The maximum Gasteiger partial charge on any atom is 0.344 e. The summed E-state index contributed by atoms with van der Waals surface area (Å²) in [6.07, 6.45) is 8.14. The van der Waals surface area contributed by atoms with E-state index in [1.165, 1.54) is 11.8 Å². The van der Waals surface area contributed by atoms with Crippen LogP contribution in [0.4, 0.5) is 5.69 Å². The fourth-order valence-electron chi connectivity index (χ4n) is 4.77. The van der Waals surface area contributed by atoms with Gasteiger partial charge in [0.05, 0.1) is 17.2 Å². The molecule has 1 aliphatic carbocycles. The number of aliphatic hydroxyl groups excluding tert-OH is 1. The van der Waals surface area contributed by atoms with Crippen molar-refractivity contribution < 1.29 is 19.4 Å². The maximum atomic E-state index is 12.7. The Labute approximate surface area is 219 Å². The van der Waals surface area contributed by atoms with Crippen molar-refractivity contribution in [3.8, 4) is 0 Å². The average Bonchev–Trinajstić information content (AvgIpc) is 3.60. The van der Waals surface area contributed by atoms with Gasteiger partial charge in [-0.2, -0.15) is 0 Å². The molecule has 5 rings (SSSR count). The molecular weight excluding hydrogens is 486 g/mol. The molecule has 1 saturated carbocycles. The molecule has 0 spiro atoms. The lowest BCUT2D eigenvalue weighted by molar-refractivity contribution is -0.138. The van der Waals surface area contributed by atoms with Crippen molar-refractivity contribution in [2.75, 3.05) is 6.61 Å². The van der Waals surface area contributed by atoms with Crippen LogP contribution >= 0.6 is 11.8 Å². The van der Waals surface area contributed by atoms with Gasteiger partial charge in [0.15, 0.2) is 0 Å². The molecule has 8 heteroatoms. The number of amides is 1. The number of aromatic nitrogens is 1. The zero-order valence-corrected chi connectivity index (χ0v) is 21.5.